The van der Waals surface area contributed by atoms with Gasteiger partial charge in [0.1, 0.15) is 5.75 Å². The van der Waals surface area contributed by atoms with Crippen molar-refractivity contribution in [1.29, 1.82) is 0 Å². The Bertz CT molecular complexity index is 1000. The summed E-state index contributed by atoms with van der Waals surface area (Å²) in [7, 11) is -2.13. The molecule has 1 N–H and O–H groups in total. The van der Waals surface area contributed by atoms with Gasteiger partial charge in [-0.05, 0) is 67.1 Å². The Morgan fingerprint density at radius 3 is 2.37 bits per heavy atom. The van der Waals surface area contributed by atoms with E-state index in [1.54, 1.807) is 30.2 Å². The van der Waals surface area contributed by atoms with Crippen LogP contribution in [0.15, 0.2) is 47.4 Å². The lowest BCUT2D eigenvalue weighted by atomic mass is 9.98. The van der Waals surface area contributed by atoms with Gasteiger partial charge < -0.3 is 9.64 Å². The maximum Gasteiger partial charge on any atom is 0.241 e. The molecule has 1 aliphatic rings. The summed E-state index contributed by atoms with van der Waals surface area (Å²) in [5.74, 6) is 1.13. The highest BCUT2D eigenvalue weighted by atomic mass is 32.2. The third kappa shape index (κ3) is 5.02. The third-order valence-corrected chi connectivity index (χ3v) is 6.83. The molecule has 3 rings (SSSR count). The van der Waals surface area contributed by atoms with Crippen molar-refractivity contribution in [3.8, 4) is 5.75 Å². The first-order valence-electron chi connectivity index (χ1n) is 10.3. The highest BCUT2D eigenvalue weighted by molar-refractivity contribution is 7.89. The number of ether oxygens (including phenoxy) is 1. The SMILES string of the molecule is COc1ccc(C(CC(C)C)NS(=O)(=O)c2ccc(N3CCCC3=O)c(C)c2)cc1. The molecule has 1 aliphatic heterocycles. The first-order valence-corrected chi connectivity index (χ1v) is 11.8. The summed E-state index contributed by atoms with van der Waals surface area (Å²) in [5, 5.41) is 0. The lowest BCUT2D eigenvalue weighted by Crippen LogP contribution is -2.30. The molecule has 7 heteroatoms. The van der Waals surface area contributed by atoms with Crippen LogP contribution in [-0.2, 0) is 14.8 Å². The Morgan fingerprint density at radius 1 is 1.13 bits per heavy atom. The standard InChI is InChI=1S/C23H30N2O4S/c1-16(2)14-21(18-7-9-19(29-4)10-8-18)24-30(27,28)20-11-12-22(17(3)15-20)25-13-5-6-23(25)26/h7-12,15-16,21,24H,5-6,13-14H2,1-4H3. The van der Waals surface area contributed by atoms with Crippen molar-refractivity contribution in [3.63, 3.8) is 0 Å². The summed E-state index contributed by atoms with van der Waals surface area (Å²) in [4.78, 5) is 14.0. The van der Waals surface area contributed by atoms with Gasteiger partial charge in [0.05, 0.1) is 12.0 Å². The Hall–Kier alpha value is -2.38. The minimum atomic E-state index is -3.73. The number of carbonyl (C=O) groups is 1. The predicted molar refractivity (Wildman–Crippen MR) is 118 cm³/mol. The monoisotopic (exact) mass is 430 g/mol. The summed E-state index contributed by atoms with van der Waals surface area (Å²) in [5.41, 5.74) is 2.45. The number of hydrogen-bond acceptors (Lipinski definition) is 4. The van der Waals surface area contributed by atoms with E-state index in [0.717, 1.165) is 29.0 Å². The van der Waals surface area contributed by atoms with Crippen LogP contribution in [0.2, 0.25) is 0 Å². The number of nitrogens with one attached hydrogen (secondary N) is 1. The molecule has 0 radical (unpaired) electrons. The molecule has 1 fully saturated rings. The molecule has 2 aromatic rings. The number of methoxy groups -OCH3 is 1. The van der Waals surface area contributed by atoms with E-state index in [9.17, 15) is 13.2 Å². The van der Waals surface area contributed by atoms with Crippen LogP contribution >= 0.6 is 0 Å². The van der Waals surface area contributed by atoms with E-state index in [4.69, 9.17) is 4.74 Å². The predicted octanol–water partition coefficient (Wildman–Crippen LogP) is 4.20. The molecule has 1 unspecified atom stereocenters. The lowest BCUT2D eigenvalue weighted by molar-refractivity contribution is -0.117. The zero-order valence-corrected chi connectivity index (χ0v) is 18.8. The molecule has 0 aromatic heterocycles. The van der Waals surface area contributed by atoms with Gasteiger partial charge in [-0.2, -0.15) is 0 Å². The van der Waals surface area contributed by atoms with Gasteiger partial charge in [-0.1, -0.05) is 26.0 Å². The van der Waals surface area contributed by atoms with Gasteiger partial charge in [0.15, 0.2) is 0 Å². The third-order valence-electron chi connectivity index (χ3n) is 5.37. The van der Waals surface area contributed by atoms with Gasteiger partial charge in [-0.3, -0.25) is 4.79 Å². The topological polar surface area (TPSA) is 75.7 Å². The molecule has 1 saturated heterocycles. The number of carbonyl (C=O) groups excluding carboxylic acids is 1. The molecule has 2 aromatic carbocycles. The van der Waals surface area contributed by atoms with E-state index < -0.39 is 10.0 Å². The molecule has 1 heterocycles. The molecule has 6 nitrogen and oxygen atoms in total. The summed E-state index contributed by atoms with van der Waals surface area (Å²) >= 11 is 0. The number of anilines is 1. The maximum atomic E-state index is 13.2. The fraction of sp³-hybridized carbons (Fsp3) is 0.435. The van der Waals surface area contributed by atoms with E-state index >= 15 is 0 Å². The molecule has 0 saturated carbocycles. The van der Waals surface area contributed by atoms with Gasteiger partial charge in [0, 0.05) is 24.7 Å². The van der Waals surface area contributed by atoms with E-state index in [-0.39, 0.29) is 16.8 Å². The van der Waals surface area contributed by atoms with Gasteiger partial charge in [-0.25, -0.2) is 13.1 Å². The molecule has 0 spiro atoms. The van der Waals surface area contributed by atoms with Crippen LogP contribution in [0.4, 0.5) is 5.69 Å². The number of hydrogen-bond donors (Lipinski definition) is 1. The van der Waals surface area contributed by atoms with Gasteiger partial charge >= 0.3 is 0 Å². The van der Waals surface area contributed by atoms with Crippen LogP contribution in [0.1, 0.15) is 50.3 Å². The quantitative estimate of drug-likeness (QED) is 0.681. The number of benzene rings is 2. The molecular formula is C23H30N2O4S. The first-order chi connectivity index (χ1) is 14.2. The lowest BCUT2D eigenvalue weighted by Gasteiger charge is -2.22. The highest BCUT2D eigenvalue weighted by Gasteiger charge is 2.26. The summed E-state index contributed by atoms with van der Waals surface area (Å²) in [6.45, 7) is 6.65. The zero-order chi connectivity index (χ0) is 21.9. The van der Waals surface area contributed by atoms with Crippen molar-refractivity contribution in [2.45, 2.75) is 51.0 Å². The minimum absolute atomic E-state index is 0.0864. The number of amides is 1. The number of rotatable bonds is 8. The Balaban J connectivity index is 1.86. The van der Waals surface area contributed by atoms with Crippen molar-refractivity contribution < 1.29 is 17.9 Å². The Kier molecular flexibility index (Phi) is 6.83. The fourth-order valence-corrected chi connectivity index (χ4v) is 5.14. The van der Waals surface area contributed by atoms with Crippen LogP contribution in [0.5, 0.6) is 5.75 Å². The average molecular weight is 431 g/mol. The molecule has 30 heavy (non-hydrogen) atoms. The van der Waals surface area contributed by atoms with Crippen LogP contribution < -0.4 is 14.4 Å². The van der Waals surface area contributed by atoms with E-state index in [0.29, 0.717) is 25.3 Å². The number of aryl methyl sites for hydroxylation is 1. The minimum Gasteiger partial charge on any atom is -0.497 e. The van der Waals surface area contributed by atoms with Gasteiger partial charge in [0.25, 0.3) is 0 Å². The molecule has 0 bridgehead atoms. The fourth-order valence-electron chi connectivity index (χ4n) is 3.82. The van der Waals surface area contributed by atoms with Crippen LogP contribution in [0.3, 0.4) is 0 Å². The largest absolute Gasteiger partial charge is 0.497 e. The summed E-state index contributed by atoms with van der Waals surface area (Å²) < 4.78 is 34.4. The summed E-state index contributed by atoms with van der Waals surface area (Å²) in [6.07, 6.45) is 2.04. The van der Waals surface area contributed by atoms with Crippen LogP contribution in [0, 0.1) is 12.8 Å². The van der Waals surface area contributed by atoms with Crippen molar-refractivity contribution >= 4 is 21.6 Å². The van der Waals surface area contributed by atoms with Crippen molar-refractivity contribution in [2.24, 2.45) is 5.92 Å². The second-order valence-electron chi connectivity index (χ2n) is 8.17. The molecule has 1 atom stereocenters. The van der Waals surface area contributed by atoms with Crippen LogP contribution in [0.25, 0.3) is 0 Å². The number of sulfonamides is 1. The average Bonchev–Trinajstić information content (AvgIpc) is 3.12. The molecule has 0 aliphatic carbocycles. The Morgan fingerprint density at radius 2 is 1.83 bits per heavy atom. The second kappa shape index (κ2) is 9.18. The zero-order valence-electron chi connectivity index (χ0n) is 18.0. The van der Waals surface area contributed by atoms with E-state index in [1.165, 1.54) is 0 Å². The molecular weight excluding hydrogens is 400 g/mol. The van der Waals surface area contributed by atoms with Crippen molar-refractivity contribution in [3.05, 3.63) is 53.6 Å². The molecule has 162 valence electrons. The van der Waals surface area contributed by atoms with E-state index in [2.05, 4.69) is 18.6 Å². The van der Waals surface area contributed by atoms with Crippen molar-refractivity contribution in [2.75, 3.05) is 18.6 Å². The van der Waals surface area contributed by atoms with Crippen LogP contribution in [-0.4, -0.2) is 28.0 Å². The summed E-state index contributed by atoms with van der Waals surface area (Å²) in [6, 6.07) is 12.1. The normalized spacial score (nSPS) is 15.6. The first kappa shape index (κ1) is 22.3. The van der Waals surface area contributed by atoms with E-state index in [1.807, 2.05) is 31.2 Å². The van der Waals surface area contributed by atoms with Gasteiger partial charge in [0.2, 0.25) is 15.9 Å². The maximum absolute atomic E-state index is 13.2. The molecule has 1 amide bonds. The smallest absolute Gasteiger partial charge is 0.241 e. The second-order valence-corrected chi connectivity index (χ2v) is 9.89. The van der Waals surface area contributed by atoms with Gasteiger partial charge in [-0.15, -0.1) is 0 Å². The number of nitrogens with zero attached hydrogens (tertiary/aromatic N) is 1. The highest BCUT2D eigenvalue weighted by Crippen LogP contribution is 2.29. The van der Waals surface area contributed by atoms with Crippen molar-refractivity contribution in [1.82, 2.24) is 4.72 Å². The Labute approximate surface area is 179 Å².